The first-order valence-electron chi connectivity index (χ1n) is 13.5. The maximum absolute atomic E-state index is 13.0. The van der Waals surface area contributed by atoms with E-state index in [-0.39, 0.29) is 18.2 Å². The minimum absolute atomic E-state index is 0.270. The Labute approximate surface area is 231 Å². The van der Waals surface area contributed by atoms with Gasteiger partial charge >= 0.3 is 6.18 Å². The molecule has 2 aliphatic heterocycles. The molecule has 9 heteroatoms. The van der Waals surface area contributed by atoms with Crippen LogP contribution in [0.2, 0.25) is 0 Å². The molecular weight excluding hydrogens is 519 g/mol. The number of aliphatic hydroxyl groups is 1. The molecule has 2 saturated heterocycles. The number of fused-ring (bicyclic) bond motifs is 1. The fraction of sp³-hybridized carbons (Fsp3) is 0.452. The summed E-state index contributed by atoms with van der Waals surface area (Å²) < 4.78 is 39.0. The monoisotopic (exact) mass is 553 g/mol. The van der Waals surface area contributed by atoms with Crippen molar-refractivity contribution >= 4 is 22.7 Å². The summed E-state index contributed by atoms with van der Waals surface area (Å²) in [7, 11) is 0. The summed E-state index contributed by atoms with van der Waals surface area (Å²) in [5.41, 5.74) is -0.169. The van der Waals surface area contributed by atoms with Crippen LogP contribution in [0.4, 0.5) is 13.2 Å². The smallest absolute Gasteiger partial charge is 0.384 e. The number of rotatable bonds is 4. The third kappa shape index (κ3) is 4.90. The zero-order chi connectivity index (χ0) is 29.1. The van der Waals surface area contributed by atoms with Crippen LogP contribution < -0.4 is 5.32 Å². The minimum Gasteiger partial charge on any atom is -0.384 e. The van der Waals surface area contributed by atoms with Gasteiger partial charge in [-0.2, -0.15) is 13.2 Å². The molecule has 0 bridgehead atoms. The molecule has 0 radical (unpaired) electrons. The van der Waals surface area contributed by atoms with Crippen molar-refractivity contribution in [1.29, 1.82) is 0 Å². The first-order valence-corrected chi connectivity index (χ1v) is 13.5. The van der Waals surface area contributed by atoms with Crippen LogP contribution >= 0.6 is 0 Å². The number of nitrogens with zero attached hydrogens (tertiary/aromatic N) is 2. The minimum atomic E-state index is -4.37. The van der Waals surface area contributed by atoms with E-state index in [1.165, 1.54) is 12.1 Å². The second-order valence-electron chi connectivity index (χ2n) is 12.5. The van der Waals surface area contributed by atoms with Crippen LogP contribution in [0.25, 0.3) is 10.9 Å². The number of carbonyl (C=O) groups excluding carboxylic acids is 2. The van der Waals surface area contributed by atoms with Gasteiger partial charge in [-0.15, -0.1) is 0 Å². The number of halogens is 3. The molecular formula is C31H34F3N3O3. The highest BCUT2D eigenvalue weighted by atomic mass is 19.4. The van der Waals surface area contributed by atoms with Gasteiger partial charge < -0.3 is 5.11 Å². The van der Waals surface area contributed by atoms with E-state index in [1.807, 2.05) is 52.0 Å². The lowest BCUT2D eigenvalue weighted by molar-refractivity contribution is -0.205. The zero-order valence-electron chi connectivity index (χ0n) is 23.1. The van der Waals surface area contributed by atoms with Gasteiger partial charge in [-0.05, 0) is 53.4 Å². The molecule has 0 aliphatic carbocycles. The van der Waals surface area contributed by atoms with E-state index in [9.17, 15) is 27.9 Å². The number of piperidine rings is 2. The number of benzene rings is 2. The molecule has 5 rings (SSSR count). The van der Waals surface area contributed by atoms with E-state index < -0.39 is 34.1 Å². The summed E-state index contributed by atoms with van der Waals surface area (Å²) in [6.45, 7) is 9.57. The summed E-state index contributed by atoms with van der Waals surface area (Å²) in [4.78, 5) is 30.8. The zero-order valence-corrected chi connectivity index (χ0v) is 23.1. The van der Waals surface area contributed by atoms with Crippen molar-refractivity contribution in [1.82, 2.24) is 15.2 Å². The molecule has 212 valence electrons. The molecule has 6 nitrogen and oxygen atoms in total. The van der Waals surface area contributed by atoms with Gasteiger partial charge in [-0.3, -0.25) is 24.8 Å². The van der Waals surface area contributed by atoms with Gasteiger partial charge in [0.2, 0.25) is 11.8 Å². The molecule has 3 heterocycles. The van der Waals surface area contributed by atoms with Crippen LogP contribution in [0.5, 0.6) is 0 Å². The molecule has 1 unspecified atom stereocenters. The highest BCUT2D eigenvalue weighted by Crippen LogP contribution is 2.55. The number of likely N-dealkylation sites (tertiary alicyclic amines) is 1. The molecule has 2 aliphatic rings. The van der Waals surface area contributed by atoms with Gasteiger partial charge in [-0.1, -0.05) is 45.9 Å². The number of pyridine rings is 1. The maximum Gasteiger partial charge on any atom is 0.416 e. The van der Waals surface area contributed by atoms with E-state index in [4.69, 9.17) is 0 Å². The Morgan fingerprint density at radius 2 is 1.65 bits per heavy atom. The van der Waals surface area contributed by atoms with Gasteiger partial charge in [0.25, 0.3) is 0 Å². The Morgan fingerprint density at radius 3 is 2.25 bits per heavy atom. The topological polar surface area (TPSA) is 82.5 Å². The number of alkyl halides is 3. The van der Waals surface area contributed by atoms with E-state index in [0.717, 1.165) is 39.7 Å². The summed E-state index contributed by atoms with van der Waals surface area (Å²) >= 11 is 0. The van der Waals surface area contributed by atoms with Crippen molar-refractivity contribution in [3.05, 3.63) is 77.0 Å². The standard InChI is InChI=1S/C31H34F3N3O3/c1-28(2)17-37(16-19-5-7-22(8-6-19)31(32,33)34)18-29(3,4)30(28,40)23-9-11-25-20(14-23)13-21(15-35-25)24-10-12-26(38)36-27(24)39/h5-9,11,13-15,24,40H,10,12,16-18H2,1-4H3,(H,36,38,39). The first-order chi connectivity index (χ1) is 18.6. The number of amides is 2. The normalized spacial score (nSPS) is 22.8. The molecule has 40 heavy (non-hydrogen) atoms. The Balaban J connectivity index is 1.43. The number of nitrogens with one attached hydrogen (secondary N) is 1. The summed E-state index contributed by atoms with van der Waals surface area (Å²) in [6, 6.07) is 12.9. The molecule has 2 fully saturated rings. The fourth-order valence-electron chi connectivity index (χ4n) is 6.85. The van der Waals surface area contributed by atoms with Crippen LogP contribution in [-0.4, -0.2) is 39.9 Å². The average Bonchev–Trinajstić information content (AvgIpc) is 2.86. The molecule has 0 saturated carbocycles. The van der Waals surface area contributed by atoms with Crippen molar-refractivity contribution in [2.45, 2.75) is 64.8 Å². The predicted molar refractivity (Wildman–Crippen MR) is 145 cm³/mol. The van der Waals surface area contributed by atoms with Gasteiger partial charge in [0.15, 0.2) is 0 Å². The van der Waals surface area contributed by atoms with Crippen LogP contribution in [0, 0.1) is 10.8 Å². The Morgan fingerprint density at radius 1 is 1.00 bits per heavy atom. The molecule has 2 amide bonds. The molecule has 3 aromatic rings. The van der Waals surface area contributed by atoms with Crippen molar-refractivity contribution in [3.8, 4) is 0 Å². The summed E-state index contributed by atoms with van der Waals surface area (Å²) in [5, 5.41) is 15.7. The van der Waals surface area contributed by atoms with Gasteiger partial charge in [0, 0.05) is 48.5 Å². The van der Waals surface area contributed by atoms with E-state index in [2.05, 4.69) is 15.2 Å². The third-order valence-electron chi connectivity index (χ3n) is 8.65. The number of aromatic nitrogens is 1. The fourth-order valence-corrected chi connectivity index (χ4v) is 6.85. The molecule has 1 aromatic heterocycles. The van der Waals surface area contributed by atoms with Crippen LogP contribution in [0.3, 0.4) is 0 Å². The lowest BCUT2D eigenvalue weighted by Gasteiger charge is -2.59. The predicted octanol–water partition coefficient (Wildman–Crippen LogP) is 5.53. The molecule has 2 N–H and O–H groups in total. The maximum atomic E-state index is 13.0. The average molecular weight is 554 g/mol. The SMILES string of the molecule is CC1(C)CN(Cc2ccc(C(F)(F)F)cc2)CC(C)(C)C1(O)c1ccc2ncc(C3CCC(=O)NC3=O)cc2c1. The van der Waals surface area contributed by atoms with Gasteiger partial charge in [-0.25, -0.2) is 0 Å². The Bertz CT molecular complexity index is 1450. The van der Waals surface area contributed by atoms with Crippen LogP contribution in [0.1, 0.15) is 68.7 Å². The number of hydrogen-bond acceptors (Lipinski definition) is 5. The number of hydrogen-bond donors (Lipinski definition) is 2. The molecule has 2 aromatic carbocycles. The second-order valence-corrected chi connectivity index (χ2v) is 12.5. The first kappa shape index (κ1) is 28.2. The van der Waals surface area contributed by atoms with Gasteiger partial charge in [0.05, 0.1) is 17.0 Å². The Hall–Kier alpha value is -3.30. The highest BCUT2D eigenvalue weighted by Gasteiger charge is 2.59. The second kappa shape index (κ2) is 9.66. The van der Waals surface area contributed by atoms with E-state index in [1.54, 1.807) is 6.20 Å². The van der Waals surface area contributed by atoms with E-state index >= 15 is 0 Å². The van der Waals surface area contributed by atoms with Crippen molar-refractivity contribution in [2.75, 3.05) is 13.1 Å². The number of carbonyl (C=O) groups is 2. The summed E-state index contributed by atoms with van der Waals surface area (Å²) in [6.07, 6.45) is -2.00. The highest BCUT2D eigenvalue weighted by molar-refractivity contribution is 6.01. The number of imide groups is 1. The van der Waals surface area contributed by atoms with Crippen LogP contribution in [-0.2, 0) is 27.9 Å². The third-order valence-corrected chi connectivity index (χ3v) is 8.65. The largest absolute Gasteiger partial charge is 0.416 e. The van der Waals surface area contributed by atoms with Crippen molar-refractivity contribution in [2.24, 2.45) is 10.8 Å². The van der Waals surface area contributed by atoms with Crippen molar-refractivity contribution in [3.63, 3.8) is 0 Å². The van der Waals surface area contributed by atoms with Crippen LogP contribution in [0.15, 0.2) is 54.7 Å². The molecule has 0 spiro atoms. The lowest BCUT2D eigenvalue weighted by Crippen LogP contribution is -2.64. The van der Waals surface area contributed by atoms with Gasteiger partial charge in [0.1, 0.15) is 5.60 Å². The lowest BCUT2D eigenvalue weighted by atomic mass is 9.55. The summed E-state index contributed by atoms with van der Waals surface area (Å²) in [5.74, 6) is -1.05. The van der Waals surface area contributed by atoms with E-state index in [0.29, 0.717) is 26.1 Å². The van der Waals surface area contributed by atoms with Crippen molar-refractivity contribution < 1.29 is 27.9 Å². The molecule has 1 atom stereocenters. The Kier molecular flexibility index (Phi) is 6.82. The quantitative estimate of drug-likeness (QED) is 0.416.